The van der Waals surface area contributed by atoms with Gasteiger partial charge in [0.15, 0.2) is 5.69 Å². The highest BCUT2D eigenvalue weighted by Gasteiger charge is 2.23. The first-order chi connectivity index (χ1) is 10.7. The molecule has 1 N–H and O–H groups in total. The molecule has 0 aliphatic carbocycles. The molecule has 2 heterocycles. The average molecular weight is 311 g/mol. The SMILES string of the molecule is CC(C)c1cc(C(=O)Nc2ccncc2C#N)nn1C(C)(C)C. The summed E-state index contributed by atoms with van der Waals surface area (Å²) in [6, 6.07) is 5.41. The zero-order chi connectivity index (χ0) is 17.2. The lowest BCUT2D eigenvalue weighted by atomic mass is 10.1. The van der Waals surface area contributed by atoms with Crippen LogP contribution in [-0.4, -0.2) is 20.7 Å². The molecule has 0 atom stereocenters. The molecular weight excluding hydrogens is 290 g/mol. The smallest absolute Gasteiger partial charge is 0.276 e. The van der Waals surface area contributed by atoms with Crippen molar-refractivity contribution < 1.29 is 4.79 Å². The first-order valence-electron chi connectivity index (χ1n) is 7.50. The van der Waals surface area contributed by atoms with Crippen LogP contribution >= 0.6 is 0 Å². The third kappa shape index (κ3) is 3.57. The summed E-state index contributed by atoms with van der Waals surface area (Å²) in [6.45, 7) is 10.3. The van der Waals surface area contributed by atoms with Crippen LogP contribution in [0.2, 0.25) is 0 Å². The summed E-state index contributed by atoms with van der Waals surface area (Å²) in [4.78, 5) is 16.4. The van der Waals surface area contributed by atoms with Crippen LogP contribution in [0.1, 0.15) is 62.3 Å². The predicted octanol–water partition coefficient (Wildman–Crippen LogP) is 3.28. The van der Waals surface area contributed by atoms with Crippen LogP contribution in [0.15, 0.2) is 24.5 Å². The van der Waals surface area contributed by atoms with Gasteiger partial charge in [-0.3, -0.25) is 14.5 Å². The van der Waals surface area contributed by atoms with Gasteiger partial charge in [-0.25, -0.2) is 0 Å². The van der Waals surface area contributed by atoms with Gasteiger partial charge in [-0.15, -0.1) is 0 Å². The maximum atomic E-state index is 12.5. The number of rotatable bonds is 3. The molecule has 0 spiro atoms. The van der Waals surface area contributed by atoms with Gasteiger partial charge >= 0.3 is 0 Å². The molecule has 6 nitrogen and oxygen atoms in total. The lowest BCUT2D eigenvalue weighted by Crippen LogP contribution is -2.26. The van der Waals surface area contributed by atoms with Crippen LogP contribution in [-0.2, 0) is 5.54 Å². The number of anilines is 1. The predicted molar refractivity (Wildman–Crippen MR) is 88.2 cm³/mol. The molecule has 0 aliphatic heterocycles. The molecule has 0 saturated carbocycles. The number of amides is 1. The Labute approximate surface area is 136 Å². The van der Waals surface area contributed by atoms with E-state index in [0.29, 0.717) is 16.9 Å². The molecule has 0 bridgehead atoms. The molecule has 23 heavy (non-hydrogen) atoms. The normalized spacial score (nSPS) is 11.3. The van der Waals surface area contributed by atoms with E-state index in [4.69, 9.17) is 5.26 Å². The number of nitriles is 1. The average Bonchev–Trinajstić information content (AvgIpc) is 2.93. The molecular formula is C17H21N5O. The van der Waals surface area contributed by atoms with Gasteiger partial charge < -0.3 is 5.32 Å². The van der Waals surface area contributed by atoms with Crippen molar-refractivity contribution in [1.29, 1.82) is 5.26 Å². The molecule has 2 aromatic heterocycles. The van der Waals surface area contributed by atoms with Crippen LogP contribution in [0.4, 0.5) is 5.69 Å². The van der Waals surface area contributed by atoms with Crippen LogP contribution in [0.5, 0.6) is 0 Å². The van der Waals surface area contributed by atoms with Crippen molar-refractivity contribution in [2.24, 2.45) is 0 Å². The highest BCUT2D eigenvalue weighted by Crippen LogP contribution is 2.24. The third-order valence-corrected chi connectivity index (χ3v) is 3.39. The molecule has 0 unspecified atom stereocenters. The second-order valence-electron chi connectivity index (χ2n) is 6.68. The zero-order valence-electron chi connectivity index (χ0n) is 14.1. The van der Waals surface area contributed by atoms with E-state index in [1.54, 1.807) is 12.1 Å². The molecule has 0 saturated heterocycles. The summed E-state index contributed by atoms with van der Waals surface area (Å²) in [5, 5.41) is 16.3. The Morgan fingerprint density at radius 1 is 1.39 bits per heavy atom. The second-order valence-corrected chi connectivity index (χ2v) is 6.68. The van der Waals surface area contributed by atoms with E-state index in [2.05, 4.69) is 29.2 Å². The van der Waals surface area contributed by atoms with Gasteiger partial charge in [0.2, 0.25) is 0 Å². The maximum Gasteiger partial charge on any atom is 0.276 e. The molecule has 0 fully saturated rings. The number of hydrogen-bond donors (Lipinski definition) is 1. The number of pyridine rings is 1. The van der Waals surface area contributed by atoms with Crippen LogP contribution in [0, 0.1) is 11.3 Å². The Balaban J connectivity index is 2.36. The van der Waals surface area contributed by atoms with E-state index in [1.807, 2.05) is 31.5 Å². The number of carbonyl (C=O) groups is 1. The molecule has 1 amide bonds. The van der Waals surface area contributed by atoms with Crippen LogP contribution < -0.4 is 5.32 Å². The van der Waals surface area contributed by atoms with Crippen molar-refractivity contribution in [2.45, 2.75) is 46.1 Å². The largest absolute Gasteiger partial charge is 0.319 e. The minimum atomic E-state index is -0.336. The van der Waals surface area contributed by atoms with Gasteiger partial charge in [0, 0.05) is 18.1 Å². The number of aromatic nitrogens is 3. The monoisotopic (exact) mass is 311 g/mol. The summed E-state index contributed by atoms with van der Waals surface area (Å²) >= 11 is 0. The number of nitrogens with one attached hydrogen (secondary N) is 1. The molecule has 0 aliphatic rings. The zero-order valence-corrected chi connectivity index (χ0v) is 14.1. The summed E-state index contributed by atoms with van der Waals surface area (Å²) in [5.74, 6) is -0.0866. The quantitative estimate of drug-likeness (QED) is 0.942. The minimum absolute atomic E-state index is 0.216. The van der Waals surface area contributed by atoms with Crippen LogP contribution in [0.3, 0.4) is 0 Å². The minimum Gasteiger partial charge on any atom is -0.319 e. The number of hydrogen-bond acceptors (Lipinski definition) is 4. The van der Waals surface area contributed by atoms with Gasteiger partial charge in [0.25, 0.3) is 5.91 Å². The highest BCUT2D eigenvalue weighted by molar-refractivity contribution is 6.03. The Morgan fingerprint density at radius 2 is 2.09 bits per heavy atom. The fourth-order valence-corrected chi connectivity index (χ4v) is 2.23. The van der Waals surface area contributed by atoms with Crippen molar-refractivity contribution in [3.63, 3.8) is 0 Å². The molecule has 0 radical (unpaired) electrons. The summed E-state index contributed by atoms with van der Waals surface area (Å²) in [5.41, 5.74) is 1.87. The van der Waals surface area contributed by atoms with E-state index >= 15 is 0 Å². The second kappa shape index (κ2) is 6.21. The van der Waals surface area contributed by atoms with Crippen molar-refractivity contribution >= 4 is 11.6 Å². The highest BCUT2D eigenvalue weighted by atomic mass is 16.2. The molecule has 120 valence electrons. The lowest BCUT2D eigenvalue weighted by Gasteiger charge is -2.23. The topological polar surface area (TPSA) is 83.6 Å². The van der Waals surface area contributed by atoms with E-state index in [9.17, 15) is 4.79 Å². The van der Waals surface area contributed by atoms with Crippen molar-refractivity contribution in [3.05, 3.63) is 41.5 Å². The van der Waals surface area contributed by atoms with Gasteiger partial charge in [-0.1, -0.05) is 13.8 Å². The number of carbonyl (C=O) groups excluding carboxylic acids is 1. The lowest BCUT2D eigenvalue weighted by molar-refractivity contribution is 0.102. The van der Waals surface area contributed by atoms with Gasteiger partial charge in [-0.05, 0) is 38.8 Å². The maximum absolute atomic E-state index is 12.5. The summed E-state index contributed by atoms with van der Waals surface area (Å²) in [7, 11) is 0. The Bertz CT molecular complexity index is 762. The first-order valence-corrected chi connectivity index (χ1v) is 7.50. The molecule has 0 aromatic carbocycles. The fraction of sp³-hybridized carbons (Fsp3) is 0.412. The molecule has 2 aromatic rings. The summed E-state index contributed by atoms with van der Waals surface area (Å²) in [6.07, 6.45) is 2.95. The van der Waals surface area contributed by atoms with Crippen molar-refractivity contribution in [1.82, 2.24) is 14.8 Å². The Morgan fingerprint density at radius 3 is 2.61 bits per heavy atom. The fourth-order valence-electron chi connectivity index (χ4n) is 2.23. The van der Waals surface area contributed by atoms with Crippen molar-refractivity contribution in [2.75, 3.05) is 5.32 Å². The molecule has 6 heteroatoms. The third-order valence-electron chi connectivity index (χ3n) is 3.39. The molecule has 2 rings (SSSR count). The standard InChI is InChI=1S/C17H21N5O/c1-11(2)15-8-14(21-22(15)17(3,4)5)16(23)20-13-6-7-19-10-12(13)9-18/h6-8,10-11H,1-5H3,(H,19,20,23). The Hall–Kier alpha value is -2.68. The number of nitrogens with zero attached hydrogens (tertiary/aromatic N) is 4. The van der Waals surface area contributed by atoms with Gasteiger partial charge in [0.1, 0.15) is 6.07 Å². The van der Waals surface area contributed by atoms with Crippen LogP contribution in [0.25, 0.3) is 0 Å². The van der Waals surface area contributed by atoms with Gasteiger partial charge in [0.05, 0.1) is 16.8 Å². The Kier molecular flexibility index (Phi) is 4.50. The summed E-state index contributed by atoms with van der Waals surface area (Å²) < 4.78 is 1.88. The van der Waals surface area contributed by atoms with E-state index < -0.39 is 0 Å². The van der Waals surface area contributed by atoms with Gasteiger partial charge in [-0.2, -0.15) is 10.4 Å². The van der Waals surface area contributed by atoms with E-state index in [-0.39, 0.29) is 17.4 Å². The first kappa shape index (κ1) is 16.7. The van der Waals surface area contributed by atoms with Crippen molar-refractivity contribution in [3.8, 4) is 6.07 Å². The van der Waals surface area contributed by atoms with E-state index in [1.165, 1.54) is 12.4 Å². The van der Waals surface area contributed by atoms with E-state index in [0.717, 1.165) is 5.69 Å².